The van der Waals surface area contributed by atoms with Gasteiger partial charge in [0.05, 0.1) is 31.2 Å². The molecule has 0 unspecified atom stereocenters. The minimum Gasteiger partial charge on any atom is -0.493 e. The van der Waals surface area contributed by atoms with E-state index in [-0.39, 0.29) is 16.8 Å². The van der Waals surface area contributed by atoms with Crippen molar-refractivity contribution in [1.82, 2.24) is 10.2 Å². The first kappa shape index (κ1) is 22.1. The zero-order valence-corrected chi connectivity index (χ0v) is 20.0. The van der Waals surface area contributed by atoms with Crippen molar-refractivity contribution in [3.05, 3.63) is 74.6 Å². The Hall–Kier alpha value is -3.72. The first-order valence-corrected chi connectivity index (χ1v) is 11.7. The molecular formula is C25H23N3O5S. The lowest BCUT2D eigenvalue weighted by molar-refractivity contribution is 0.0970. The van der Waals surface area contributed by atoms with E-state index in [4.69, 9.17) is 13.9 Å². The molecule has 0 aliphatic carbocycles. The van der Waals surface area contributed by atoms with Gasteiger partial charge < -0.3 is 13.9 Å². The highest BCUT2D eigenvalue weighted by molar-refractivity contribution is 7.15. The molecule has 1 amide bonds. The van der Waals surface area contributed by atoms with Crippen LogP contribution in [0.3, 0.4) is 0 Å². The third-order valence-corrected chi connectivity index (χ3v) is 6.69. The predicted octanol–water partition coefficient (Wildman–Crippen LogP) is 4.61. The summed E-state index contributed by atoms with van der Waals surface area (Å²) >= 11 is 1.34. The summed E-state index contributed by atoms with van der Waals surface area (Å²) in [5, 5.41) is 10.2. The summed E-state index contributed by atoms with van der Waals surface area (Å²) in [4.78, 5) is 28.8. The molecule has 0 N–H and O–H groups in total. The predicted molar refractivity (Wildman–Crippen MR) is 129 cm³/mol. The zero-order valence-electron chi connectivity index (χ0n) is 19.2. The number of amides is 1. The third-order valence-electron chi connectivity index (χ3n) is 5.75. The maximum atomic E-state index is 13.7. The highest BCUT2D eigenvalue weighted by Gasteiger charge is 2.45. The van der Waals surface area contributed by atoms with Gasteiger partial charge in [0.15, 0.2) is 16.9 Å². The molecule has 0 spiro atoms. The van der Waals surface area contributed by atoms with Gasteiger partial charge in [0, 0.05) is 6.42 Å². The number of methoxy groups -OCH3 is 2. The van der Waals surface area contributed by atoms with Crippen LogP contribution >= 0.6 is 11.3 Å². The Kier molecular flexibility index (Phi) is 5.57. The van der Waals surface area contributed by atoms with Crippen molar-refractivity contribution < 1.29 is 18.7 Å². The quantitative estimate of drug-likeness (QED) is 0.400. The maximum Gasteiger partial charge on any atom is 0.297 e. The maximum absolute atomic E-state index is 13.7. The molecule has 2 aromatic heterocycles. The number of nitrogens with zero attached hydrogens (tertiary/aromatic N) is 3. The molecule has 0 saturated heterocycles. The lowest BCUT2D eigenvalue weighted by Crippen LogP contribution is -2.29. The Balaban J connectivity index is 1.74. The number of ether oxygens (including phenoxy) is 2. The fraction of sp³-hybridized carbons (Fsp3) is 0.280. The van der Waals surface area contributed by atoms with Crippen LogP contribution in [0.5, 0.6) is 11.5 Å². The van der Waals surface area contributed by atoms with Crippen LogP contribution < -0.4 is 19.8 Å². The average Bonchev–Trinajstić information content (AvgIpc) is 3.40. The Morgan fingerprint density at radius 2 is 1.82 bits per heavy atom. The van der Waals surface area contributed by atoms with Crippen molar-refractivity contribution >= 4 is 33.3 Å². The zero-order chi connectivity index (χ0) is 24.0. The lowest BCUT2D eigenvalue weighted by atomic mass is 9.98. The standard InChI is InChI=1S/C25H23N3O5S/c1-13(2)11-19-26-27-25(34-19)28-21(14-9-10-17(31-3)18(12-14)32-4)20-22(29)15-7-5-6-8-16(15)33-23(20)24(28)30/h5-10,12-13,21H,11H2,1-4H3/t21-/m1/s1. The van der Waals surface area contributed by atoms with E-state index in [9.17, 15) is 9.59 Å². The minimum absolute atomic E-state index is 0.0177. The van der Waals surface area contributed by atoms with Gasteiger partial charge in [0.2, 0.25) is 10.9 Å². The molecule has 0 fully saturated rings. The van der Waals surface area contributed by atoms with E-state index in [1.165, 1.54) is 23.3 Å². The third kappa shape index (κ3) is 3.52. The molecule has 8 nitrogen and oxygen atoms in total. The molecule has 2 aromatic carbocycles. The molecule has 1 aliphatic rings. The van der Waals surface area contributed by atoms with Crippen LogP contribution in [-0.2, 0) is 6.42 Å². The average molecular weight is 478 g/mol. The van der Waals surface area contributed by atoms with E-state index in [1.54, 1.807) is 43.5 Å². The molecular weight excluding hydrogens is 454 g/mol. The van der Waals surface area contributed by atoms with Gasteiger partial charge in [0.25, 0.3) is 5.91 Å². The highest BCUT2D eigenvalue weighted by atomic mass is 32.1. The molecule has 34 heavy (non-hydrogen) atoms. The number of carbonyl (C=O) groups is 1. The smallest absolute Gasteiger partial charge is 0.297 e. The molecule has 0 radical (unpaired) electrons. The first-order valence-electron chi connectivity index (χ1n) is 10.9. The van der Waals surface area contributed by atoms with E-state index < -0.39 is 11.9 Å². The summed E-state index contributed by atoms with van der Waals surface area (Å²) in [6.45, 7) is 4.19. The number of rotatable bonds is 6. The van der Waals surface area contributed by atoms with Crippen LogP contribution in [-0.4, -0.2) is 30.3 Å². The highest BCUT2D eigenvalue weighted by Crippen LogP contribution is 2.44. The second kappa shape index (κ2) is 8.57. The van der Waals surface area contributed by atoms with Crippen LogP contribution in [0.4, 0.5) is 5.13 Å². The molecule has 0 bridgehead atoms. The first-order chi connectivity index (χ1) is 16.4. The van der Waals surface area contributed by atoms with Crippen LogP contribution in [0.25, 0.3) is 11.0 Å². The number of para-hydroxylation sites is 1. The van der Waals surface area contributed by atoms with Crippen molar-refractivity contribution in [3.63, 3.8) is 0 Å². The van der Waals surface area contributed by atoms with E-state index in [0.29, 0.717) is 39.1 Å². The molecule has 0 saturated carbocycles. The van der Waals surface area contributed by atoms with Crippen molar-refractivity contribution in [2.24, 2.45) is 5.92 Å². The molecule has 174 valence electrons. The summed E-state index contributed by atoms with van der Waals surface area (Å²) in [5.74, 6) is 1.02. The summed E-state index contributed by atoms with van der Waals surface area (Å²) < 4.78 is 16.8. The molecule has 9 heteroatoms. The summed E-state index contributed by atoms with van der Waals surface area (Å²) in [5.41, 5.74) is 1.06. The van der Waals surface area contributed by atoms with Gasteiger partial charge in [-0.1, -0.05) is 43.4 Å². The number of aromatic nitrogens is 2. The van der Waals surface area contributed by atoms with Gasteiger partial charge in [0.1, 0.15) is 10.6 Å². The Bertz CT molecular complexity index is 1460. The Morgan fingerprint density at radius 1 is 1.06 bits per heavy atom. The number of hydrogen-bond acceptors (Lipinski definition) is 8. The monoisotopic (exact) mass is 477 g/mol. The van der Waals surface area contributed by atoms with Crippen LogP contribution in [0.1, 0.15) is 46.6 Å². The number of benzene rings is 2. The van der Waals surface area contributed by atoms with E-state index in [2.05, 4.69) is 24.0 Å². The second-order valence-electron chi connectivity index (χ2n) is 8.44. The van der Waals surface area contributed by atoms with E-state index in [1.807, 2.05) is 6.07 Å². The van der Waals surface area contributed by atoms with Crippen LogP contribution in [0, 0.1) is 5.92 Å². The van der Waals surface area contributed by atoms with Crippen LogP contribution in [0.15, 0.2) is 51.7 Å². The van der Waals surface area contributed by atoms with Gasteiger partial charge in [-0.25, -0.2) is 0 Å². The molecule has 1 aliphatic heterocycles. The molecule has 5 rings (SSSR count). The van der Waals surface area contributed by atoms with Crippen molar-refractivity contribution in [2.45, 2.75) is 26.3 Å². The van der Waals surface area contributed by atoms with Gasteiger partial charge in [-0.05, 0) is 35.7 Å². The van der Waals surface area contributed by atoms with Crippen molar-refractivity contribution in [3.8, 4) is 11.5 Å². The topological polar surface area (TPSA) is 94.8 Å². The number of carbonyl (C=O) groups excluding carboxylic acids is 1. The van der Waals surface area contributed by atoms with Gasteiger partial charge in [-0.15, -0.1) is 10.2 Å². The van der Waals surface area contributed by atoms with Crippen LogP contribution in [0.2, 0.25) is 0 Å². The van der Waals surface area contributed by atoms with Gasteiger partial charge in [-0.3, -0.25) is 14.5 Å². The minimum atomic E-state index is -0.747. The number of fused-ring (bicyclic) bond motifs is 2. The summed E-state index contributed by atoms with van der Waals surface area (Å²) in [7, 11) is 3.09. The second-order valence-corrected chi connectivity index (χ2v) is 9.48. The van der Waals surface area contributed by atoms with Gasteiger partial charge in [-0.2, -0.15) is 0 Å². The van der Waals surface area contributed by atoms with Crippen molar-refractivity contribution in [1.29, 1.82) is 0 Å². The summed E-state index contributed by atoms with van der Waals surface area (Å²) in [6, 6.07) is 11.5. The fourth-order valence-electron chi connectivity index (χ4n) is 4.23. The van der Waals surface area contributed by atoms with Crippen molar-refractivity contribution in [2.75, 3.05) is 19.1 Å². The molecule has 4 aromatic rings. The Labute approximate surface area is 199 Å². The van der Waals surface area contributed by atoms with Gasteiger partial charge >= 0.3 is 0 Å². The number of anilines is 1. The van der Waals surface area contributed by atoms with E-state index in [0.717, 1.165) is 11.4 Å². The number of hydrogen-bond donors (Lipinski definition) is 0. The largest absolute Gasteiger partial charge is 0.493 e. The Morgan fingerprint density at radius 3 is 2.56 bits per heavy atom. The fourth-order valence-corrected chi connectivity index (χ4v) is 5.31. The SMILES string of the molecule is COc1ccc([C@@H]2c3c(oc4ccccc4c3=O)C(=O)N2c2nnc(CC(C)C)s2)cc1OC. The normalized spacial score (nSPS) is 15.3. The molecule has 3 heterocycles. The van der Waals surface area contributed by atoms with E-state index >= 15 is 0 Å². The summed E-state index contributed by atoms with van der Waals surface area (Å²) in [6.07, 6.45) is 0.745. The molecule has 1 atom stereocenters. The lowest BCUT2D eigenvalue weighted by Gasteiger charge is -2.23.